The summed E-state index contributed by atoms with van der Waals surface area (Å²) in [6.45, 7) is 9.66. The van der Waals surface area contributed by atoms with Crippen molar-refractivity contribution in [3.8, 4) is 0 Å². The molecule has 0 unspecified atom stereocenters. The molecule has 1 rings (SSSR count). The largest absolute Gasteiger partial charge is 0.327 e. The molecule has 0 radical (unpaired) electrons. The summed E-state index contributed by atoms with van der Waals surface area (Å²) in [6, 6.07) is 7.28. The van der Waals surface area contributed by atoms with Gasteiger partial charge in [0.05, 0.1) is 0 Å². The molecule has 0 bridgehead atoms. The van der Waals surface area contributed by atoms with Crippen LogP contribution in [0.5, 0.6) is 0 Å². The summed E-state index contributed by atoms with van der Waals surface area (Å²) in [5.74, 6) is -1.25. The van der Waals surface area contributed by atoms with Crippen molar-refractivity contribution in [3.05, 3.63) is 55.1 Å². The van der Waals surface area contributed by atoms with Gasteiger partial charge >= 0.3 is 11.8 Å². The number of carbonyl (C=O) groups is 2. The van der Waals surface area contributed by atoms with Crippen molar-refractivity contribution in [1.29, 1.82) is 0 Å². The van der Waals surface area contributed by atoms with Crippen LogP contribution in [0.15, 0.2) is 49.6 Å². The lowest BCUT2D eigenvalue weighted by molar-refractivity contribution is -0.142. The monoisotopic (exact) mass is 258 g/mol. The molecule has 0 fully saturated rings. The van der Waals surface area contributed by atoms with Crippen LogP contribution in [0.25, 0.3) is 0 Å². The Hall–Kier alpha value is -2.36. The fourth-order valence-corrected chi connectivity index (χ4v) is 1.60. The predicted octanol–water partition coefficient (Wildman–Crippen LogP) is 2.13. The zero-order chi connectivity index (χ0) is 14.3. The number of carbonyl (C=O) groups excluding carboxylic acids is 2. The van der Waals surface area contributed by atoms with Crippen LogP contribution in [-0.2, 0) is 9.59 Å². The van der Waals surface area contributed by atoms with Crippen molar-refractivity contribution in [2.24, 2.45) is 0 Å². The number of aryl methyl sites for hydroxylation is 1. The highest BCUT2D eigenvalue weighted by Crippen LogP contribution is 2.09. The van der Waals surface area contributed by atoms with Crippen LogP contribution in [0.3, 0.4) is 0 Å². The fraction of sp³-hybridized carbons (Fsp3) is 0.200. The van der Waals surface area contributed by atoms with Gasteiger partial charge < -0.3 is 10.2 Å². The van der Waals surface area contributed by atoms with Crippen molar-refractivity contribution >= 4 is 17.5 Å². The Morgan fingerprint density at radius 2 is 1.89 bits per heavy atom. The van der Waals surface area contributed by atoms with Gasteiger partial charge in [-0.3, -0.25) is 9.59 Å². The summed E-state index contributed by atoms with van der Waals surface area (Å²) in [7, 11) is 0. The number of hydrogen-bond acceptors (Lipinski definition) is 2. The highest BCUT2D eigenvalue weighted by molar-refractivity contribution is 6.39. The molecule has 100 valence electrons. The van der Waals surface area contributed by atoms with E-state index in [0.29, 0.717) is 18.8 Å². The first-order chi connectivity index (χ1) is 9.08. The number of amides is 2. The molecule has 0 saturated carbocycles. The summed E-state index contributed by atoms with van der Waals surface area (Å²) in [5, 5.41) is 2.58. The van der Waals surface area contributed by atoms with Crippen LogP contribution in [0.1, 0.15) is 5.56 Å². The Balaban J connectivity index is 2.73. The average Bonchev–Trinajstić information content (AvgIpc) is 2.37. The van der Waals surface area contributed by atoms with Gasteiger partial charge in [-0.2, -0.15) is 0 Å². The second kappa shape index (κ2) is 7.16. The number of rotatable bonds is 5. The summed E-state index contributed by atoms with van der Waals surface area (Å²) >= 11 is 0. The maximum Gasteiger partial charge on any atom is 0.313 e. The third kappa shape index (κ3) is 4.43. The molecular formula is C15H18N2O2. The third-order valence-electron chi connectivity index (χ3n) is 2.46. The Bertz CT molecular complexity index is 485. The number of anilines is 1. The quantitative estimate of drug-likeness (QED) is 0.649. The van der Waals surface area contributed by atoms with E-state index in [4.69, 9.17) is 0 Å². The fourth-order valence-electron chi connectivity index (χ4n) is 1.60. The minimum atomic E-state index is -0.658. The predicted molar refractivity (Wildman–Crippen MR) is 76.8 cm³/mol. The van der Waals surface area contributed by atoms with Gasteiger partial charge in [-0.1, -0.05) is 24.3 Å². The Labute approximate surface area is 113 Å². The van der Waals surface area contributed by atoms with Gasteiger partial charge in [-0.25, -0.2) is 0 Å². The lowest BCUT2D eigenvalue weighted by Gasteiger charge is -2.18. The maximum atomic E-state index is 11.9. The van der Waals surface area contributed by atoms with E-state index in [0.717, 1.165) is 5.56 Å². The van der Waals surface area contributed by atoms with Crippen LogP contribution in [0, 0.1) is 6.92 Å². The van der Waals surface area contributed by atoms with Crippen LogP contribution in [0.4, 0.5) is 5.69 Å². The highest BCUT2D eigenvalue weighted by Gasteiger charge is 2.19. The molecule has 4 heteroatoms. The van der Waals surface area contributed by atoms with Crippen LogP contribution in [-0.4, -0.2) is 29.8 Å². The van der Waals surface area contributed by atoms with Gasteiger partial charge in [-0.15, -0.1) is 13.2 Å². The minimum Gasteiger partial charge on any atom is -0.327 e. The summed E-state index contributed by atoms with van der Waals surface area (Å²) in [5.41, 5.74) is 1.62. The smallest absolute Gasteiger partial charge is 0.313 e. The summed E-state index contributed by atoms with van der Waals surface area (Å²) in [4.78, 5) is 25.1. The van der Waals surface area contributed by atoms with Crippen LogP contribution >= 0.6 is 0 Å². The van der Waals surface area contributed by atoms with E-state index in [1.54, 1.807) is 24.3 Å². The van der Waals surface area contributed by atoms with Gasteiger partial charge in [-0.05, 0) is 24.6 Å². The minimum absolute atomic E-state index is 0.312. The molecule has 4 nitrogen and oxygen atoms in total. The molecule has 19 heavy (non-hydrogen) atoms. The van der Waals surface area contributed by atoms with E-state index >= 15 is 0 Å². The van der Waals surface area contributed by atoms with E-state index in [-0.39, 0.29) is 0 Å². The standard InChI is InChI=1S/C15H18N2O2/c1-4-9-17(10-5-2)15(19)14(18)16-13-8-6-7-12(3)11-13/h4-8,11H,1-2,9-10H2,3H3,(H,16,18). The Morgan fingerprint density at radius 3 is 2.42 bits per heavy atom. The van der Waals surface area contributed by atoms with Gasteiger partial charge in [0, 0.05) is 18.8 Å². The van der Waals surface area contributed by atoms with Crippen LogP contribution in [0.2, 0.25) is 0 Å². The van der Waals surface area contributed by atoms with Crippen molar-refractivity contribution in [2.75, 3.05) is 18.4 Å². The van der Waals surface area contributed by atoms with Crippen molar-refractivity contribution in [3.63, 3.8) is 0 Å². The Kier molecular flexibility index (Phi) is 5.54. The second-order valence-electron chi connectivity index (χ2n) is 4.11. The number of nitrogens with one attached hydrogen (secondary N) is 1. The van der Waals surface area contributed by atoms with E-state index in [9.17, 15) is 9.59 Å². The molecule has 0 aliphatic carbocycles. The van der Waals surface area contributed by atoms with Gasteiger partial charge in [0.1, 0.15) is 0 Å². The average molecular weight is 258 g/mol. The molecule has 0 aliphatic heterocycles. The van der Waals surface area contributed by atoms with E-state index in [1.165, 1.54) is 4.90 Å². The first-order valence-corrected chi connectivity index (χ1v) is 5.97. The Morgan fingerprint density at radius 1 is 1.26 bits per heavy atom. The number of hydrogen-bond donors (Lipinski definition) is 1. The molecule has 0 saturated heterocycles. The number of nitrogens with zero attached hydrogens (tertiary/aromatic N) is 1. The molecule has 0 spiro atoms. The first-order valence-electron chi connectivity index (χ1n) is 5.97. The van der Waals surface area contributed by atoms with E-state index in [1.807, 2.05) is 19.1 Å². The first kappa shape index (κ1) is 14.7. The van der Waals surface area contributed by atoms with Gasteiger partial charge in [0.15, 0.2) is 0 Å². The molecule has 0 aromatic heterocycles. The molecular weight excluding hydrogens is 240 g/mol. The normalized spacial score (nSPS) is 9.53. The van der Waals surface area contributed by atoms with Crippen molar-refractivity contribution in [2.45, 2.75) is 6.92 Å². The molecule has 2 amide bonds. The zero-order valence-corrected chi connectivity index (χ0v) is 11.1. The molecule has 0 atom stereocenters. The topological polar surface area (TPSA) is 49.4 Å². The number of benzene rings is 1. The maximum absolute atomic E-state index is 11.9. The molecule has 1 aromatic carbocycles. The van der Waals surface area contributed by atoms with Crippen molar-refractivity contribution in [1.82, 2.24) is 4.90 Å². The van der Waals surface area contributed by atoms with E-state index in [2.05, 4.69) is 18.5 Å². The third-order valence-corrected chi connectivity index (χ3v) is 2.46. The lowest BCUT2D eigenvalue weighted by Crippen LogP contribution is -2.39. The van der Waals surface area contributed by atoms with Gasteiger partial charge in [0.2, 0.25) is 0 Å². The lowest BCUT2D eigenvalue weighted by atomic mass is 10.2. The zero-order valence-electron chi connectivity index (χ0n) is 11.1. The summed E-state index contributed by atoms with van der Waals surface area (Å²) < 4.78 is 0. The van der Waals surface area contributed by atoms with Crippen LogP contribution < -0.4 is 5.32 Å². The van der Waals surface area contributed by atoms with Gasteiger partial charge in [0.25, 0.3) is 0 Å². The SMILES string of the molecule is C=CCN(CC=C)C(=O)C(=O)Nc1cccc(C)c1. The molecule has 0 aliphatic rings. The second-order valence-corrected chi connectivity index (χ2v) is 4.11. The highest BCUT2D eigenvalue weighted by atomic mass is 16.2. The molecule has 0 heterocycles. The van der Waals surface area contributed by atoms with Crippen molar-refractivity contribution < 1.29 is 9.59 Å². The molecule has 1 N–H and O–H groups in total. The summed E-state index contributed by atoms with van der Waals surface area (Å²) in [6.07, 6.45) is 3.14. The molecule has 1 aromatic rings. The van der Waals surface area contributed by atoms with E-state index < -0.39 is 11.8 Å².